The quantitative estimate of drug-likeness (QED) is 0.315. The molecule has 0 aliphatic carbocycles. The van der Waals surface area contributed by atoms with Gasteiger partial charge in [0.1, 0.15) is 16.8 Å². The highest BCUT2D eigenvalue weighted by atomic mass is 28.4. The van der Waals surface area contributed by atoms with Crippen LogP contribution >= 0.6 is 0 Å². The third-order valence-electron chi connectivity index (χ3n) is 6.70. The minimum absolute atomic E-state index is 0.0235. The van der Waals surface area contributed by atoms with Crippen LogP contribution in [0.3, 0.4) is 0 Å². The molecule has 35 heavy (non-hydrogen) atoms. The zero-order valence-corrected chi connectivity index (χ0v) is 22.7. The Morgan fingerprint density at radius 1 is 1.34 bits per heavy atom. The van der Waals surface area contributed by atoms with Gasteiger partial charge < -0.3 is 19.4 Å². The Hall–Kier alpha value is -2.73. The average Bonchev–Trinajstić information content (AvgIpc) is 3.31. The van der Waals surface area contributed by atoms with Gasteiger partial charge in [-0.15, -0.1) is 0 Å². The number of nitrogens with one attached hydrogen (secondary N) is 2. The van der Waals surface area contributed by atoms with Crippen molar-refractivity contribution in [3.63, 3.8) is 0 Å². The summed E-state index contributed by atoms with van der Waals surface area (Å²) in [6.07, 6.45) is 1.32. The number of rotatable bonds is 6. The lowest BCUT2D eigenvalue weighted by Crippen LogP contribution is -2.45. The number of halogens is 1. The predicted octanol–water partition coefficient (Wildman–Crippen LogP) is 5.10. The molecule has 2 aromatic rings. The monoisotopic (exact) mass is 509 g/mol. The normalized spacial score (nSPS) is 19.3. The van der Waals surface area contributed by atoms with E-state index in [4.69, 9.17) is 9.16 Å². The van der Waals surface area contributed by atoms with Gasteiger partial charge in [-0.25, -0.2) is 9.18 Å². The summed E-state index contributed by atoms with van der Waals surface area (Å²) in [5.74, 6) is -0.746. The molecule has 1 amide bonds. The molecule has 2 heterocycles. The van der Waals surface area contributed by atoms with Crippen LogP contribution in [0.5, 0.6) is 0 Å². The average molecular weight is 510 g/mol. The number of aromatic amines is 1. The van der Waals surface area contributed by atoms with E-state index in [-0.39, 0.29) is 40.6 Å². The van der Waals surface area contributed by atoms with Gasteiger partial charge >= 0.3 is 6.09 Å². The lowest BCUT2D eigenvalue weighted by molar-refractivity contribution is -0.384. The molecule has 2 atom stereocenters. The molecular weight excluding hydrogens is 473 g/mol. The molecule has 1 fully saturated rings. The van der Waals surface area contributed by atoms with Gasteiger partial charge in [-0.2, -0.15) is 5.10 Å². The van der Waals surface area contributed by atoms with Crippen molar-refractivity contribution in [2.45, 2.75) is 83.8 Å². The second-order valence-electron chi connectivity index (χ2n) is 11.6. The summed E-state index contributed by atoms with van der Waals surface area (Å²) < 4.78 is 26.4. The smallest absolute Gasteiger partial charge is 0.407 e. The number of ether oxygens (including phenoxy) is 1. The first kappa shape index (κ1) is 26.9. The van der Waals surface area contributed by atoms with Crippen molar-refractivity contribution in [2.24, 2.45) is 0 Å². The Labute approximate surface area is 205 Å². The Bertz CT molecular complexity index is 1110. The highest BCUT2D eigenvalue weighted by Crippen LogP contribution is 2.42. The summed E-state index contributed by atoms with van der Waals surface area (Å²) in [7, 11) is -2.12. The van der Waals surface area contributed by atoms with Crippen LogP contribution in [0, 0.1) is 15.9 Å². The third kappa shape index (κ3) is 5.92. The van der Waals surface area contributed by atoms with Crippen LogP contribution < -0.4 is 10.2 Å². The fourth-order valence-electron chi connectivity index (χ4n) is 3.94. The lowest BCUT2D eigenvalue weighted by atomic mass is 10.1. The van der Waals surface area contributed by atoms with Gasteiger partial charge in [0.25, 0.3) is 5.69 Å². The number of H-pyrrole nitrogens is 1. The number of hydrogen-bond acceptors (Lipinski definition) is 7. The number of aromatic nitrogens is 2. The summed E-state index contributed by atoms with van der Waals surface area (Å²) in [4.78, 5) is 25.6. The summed E-state index contributed by atoms with van der Waals surface area (Å²) in [6, 6.07) is 0.284. The van der Waals surface area contributed by atoms with Gasteiger partial charge in [0.15, 0.2) is 14.1 Å². The molecule has 0 saturated carbocycles. The van der Waals surface area contributed by atoms with Crippen LogP contribution in [0.2, 0.25) is 18.1 Å². The molecule has 1 aromatic heterocycles. The number of benzene rings is 1. The zero-order chi connectivity index (χ0) is 26.3. The van der Waals surface area contributed by atoms with E-state index >= 15 is 0 Å². The molecule has 0 bridgehead atoms. The van der Waals surface area contributed by atoms with Crippen LogP contribution in [0.1, 0.15) is 48.0 Å². The number of nitrogens with zero attached hydrogens (tertiary/aromatic N) is 3. The number of amides is 1. The molecule has 1 saturated heterocycles. The standard InChI is InChI=1S/C23H36FN5O5Si/c1-22(2,3)34-21(30)26-14-9-15(13-33-35(7,8)23(4,5)6)28(12-14)20-16-11-25-27-19(16)17(24)10-18(20)29(31)32/h10-11,14-15H,9,12-13H2,1-8H3,(H,25,27)(H,26,30)/t14-,15-/m0/s1. The van der Waals surface area contributed by atoms with Crippen LogP contribution in [-0.4, -0.2) is 60.4 Å². The fraction of sp³-hybridized carbons (Fsp3) is 0.652. The van der Waals surface area contributed by atoms with E-state index in [1.54, 1.807) is 20.8 Å². The van der Waals surface area contributed by atoms with E-state index < -0.39 is 30.8 Å². The van der Waals surface area contributed by atoms with E-state index in [1.165, 1.54) is 6.20 Å². The topological polar surface area (TPSA) is 123 Å². The number of alkyl carbamates (subject to hydrolysis) is 1. The first-order valence-electron chi connectivity index (χ1n) is 11.7. The minimum atomic E-state index is -2.12. The van der Waals surface area contributed by atoms with Gasteiger partial charge in [-0.1, -0.05) is 20.8 Å². The van der Waals surface area contributed by atoms with Crippen molar-refractivity contribution >= 4 is 36.7 Å². The van der Waals surface area contributed by atoms with E-state index in [0.29, 0.717) is 18.4 Å². The predicted molar refractivity (Wildman–Crippen MR) is 135 cm³/mol. The first-order valence-corrected chi connectivity index (χ1v) is 14.6. The molecule has 194 valence electrons. The number of nitro groups is 1. The maximum atomic E-state index is 14.6. The zero-order valence-electron chi connectivity index (χ0n) is 21.7. The summed E-state index contributed by atoms with van der Waals surface area (Å²) >= 11 is 0. The maximum absolute atomic E-state index is 14.6. The molecular formula is C23H36FN5O5Si. The van der Waals surface area contributed by atoms with Crippen LogP contribution in [0.15, 0.2) is 12.3 Å². The maximum Gasteiger partial charge on any atom is 0.407 e. The van der Waals surface area contributed by atoms with Crippen molar-refractivity contribution < 1.29 is 23.3 Å². The molecule has 1 aliphatic heterocycles. The van der Waals surface area contributed by atoms with Gasteiger partial charge in [-0.3, -0.25) is 15.2 Å². The van der Waals surface area contributed by atoms with Gasteiger partial charge in [0, 0.05) is 6.54 Å². The Kier molecular flexibility index (Phi) is 7.20. The SMILES string of the molecule is CC(C)(C)OC(=O)N[C@H]1C[C@@H](CO[Si](C)(C)C(C)(C)C)N(c2c([N+](=O)[O-])cc(F)c3[nH]ncc23)C1. The summed E-state index contributed by atoms with van der Waals surface area (Å²) in [5.41, 5.74) is -0.659. The molecule has 1 aromatic carbocycles. The van der Waals surface area contributed by atoms with Crippen LogP contribution in [-0.2, 0) is 9.16 Å². The van der Waals surface area contributed by atoms with Crippen LogP contribution in [0.25, 0.3) is 10.9 Å². The van der Waals surface area contributed by atoms with E-state index in [0.717, 1.165) is 6.07 Å². The van der Waals surface area contributed by atoms with Gasteiger partial charge in [0.2, 0.25) is 0 Å². The van der Waals surface area contributed by atoms with Gasteiger partial charge in [0.05, 0.1) is 41.3 Å². The van der Waals surface area contributed by atoms with E-state index in [1.807, 2.05) is 4.90 Å². The van der Waals surface area contributed by atoms with E-state index in [2.05, 4.69) is 49.4 Å². The second kappa shape index (κ2) is 9.38. The molecule has 0 radical (unpaired) electrons. The number of carbonyl (C=O) groups is 1. The largest absolute Gasteiger partial charge is 0.444 e. The van der Waals surface area contributed by atoms with Crippen molar-refractivity contribution in [1.82, 2.24) is 15.5 Å². The molecule has 1 aliphatic rings. The van der Waals surface area contributed by atoms with E-state index in [9.17, 15) is 19.3 Å². The van der Waals surface area contributed by atoms with Crippen molar-refractivity contribution in [2.75, 3.05) is 18.1 Å². The molecule has 12 heteroatoms. The highest BCUT2D eigenvalue weighted by molar-refractivity contribution is 6.74. The number of hydrogen-bond donors (Lipinski definition) is 2. The number of anilines is 1. The Balaban J connectivity index is 1.98. The summed E-state index contributed by atoms with van der Waals surface area (Å²) in [5, 5.41) is 21.6. The Morgan fingerprint density at radius 3 is 2.57 bits per heavy atom. The number of carbonyl (C=O) groups excluding carboxylic acids is 1. The third-order valence-corrected chi connectivity index (χ3v) is 11.2. The minimum Gasteiger partial charge on any atom is -0.444 e. The van der Waals surface area contributed by atoms with Crippen molar-refractivity contribution in [1.29, 1.82) is 0 Å². The molecule has 2 N–H and O–H groups in total. The second-order valence-corrected chi connectivity index (χ2v) is 16.4. The van der Waals surface area contributed by atoms with Crippen molar-refractivity contribution in [3.8, 4) is 0 Å². The molecule has 3 rings (SSSR count). The highest BCUT2D eigenvalue weighted by Gasteiger charge is 2.42. The van der Waals surface area contributed by atoms with Gasteiger partial charge in [-0.05, 0) is 45.3 Å². The number of nitro benzene ring substituents is 1. The number of fused-ring (bicyclic) bond motifs is 1. The Morgan fingerprint density at radius 2 is 2.00 bits per heavy atom. The summed E-state index contributed by atoms with van der Waals surface area (Å²) in [6.45, 7) is 16.6. The lowest BCUT2D eigenvalue weighted by Gasteiger charge is -2.38. The fourth-order valence-corrected chi connectivity index (χ4v) is 4.98. The first-order chi connectivity index (χ1) is 16.0. The molecule has 10 nitrogen and oxygen atoms in total. The molecule has 0 spiro atoms. The molecule has 0 unspecified atom stereocenters. The van der Waals surface area contributed by atoms with Crippen molar-refractivity contribution in [3.05, 3.63) is 28.2 Å². The van der Waals surface area contributed by atoms with Crippen LogP contribution in [0.4, 0.5) is 20.6 Å².